The van der Waals surface area contributed by atoms with Crippen molar-refractivity contribution in [2.24, 2.45) is 17.8 Å². The summed E-state index contributed by atoms with van der Waals surface area (Å²) in [5.41, 5.74) is 3.64. The molecule has 31 heavy (non-hydrogen) atoms. The number of alkyl halides is 2. The molecule has 7 nitrogen and oxygen atoms in total. The summed E-state index contributed by atoms with van der Waals surface area (Å²) in [6.07, 6.45) is 0. The first-order chi connectivity index (χ1) is 14.5. The van der Waals surface area contributed by atoms with Gasteiger partial charge in [0.05, 0.1) is 12.8 Å². The summed E-state index contributed by atoms with van der Waals surface area (Å²) >= 11 is 0. The highest BCUT2D eigenvalue weighted by Gasteiger charge is 2.31. The largest absolute Gasteiger partial charge is 0.483 e. The van der Waals surface area contributed by atoms with Crippen molar-refractivity contribution in [3.05, 3.63) is 58.7 Å². The van der Waals surface area contributed by atoms with Gasteiger partial charge in [0.25, 0.3) is 5.91 Å². The fraction of sp³-hybridized carbons (Fsp3) is 0.350. The number of nitrogens with two attached hydrogens (primary N) is 1. The summed E-state index contributed by atoms with van der Waals surface area (Å²) in [7, 11) is 4.11. The van der Waals surface area contributed by atoms with E-state index in [9.17, 15) is 18.0 Å². The van der Waals surface area contributed by atoms with Gasteiger partial charge in [-0.3, -0.25) is 9.48 Å². The average Bonchev–Trinajstić information content (AvgIpc) is 3.09. The molecule has 0 aliphatic heterocycles. The number of amides is 1. The van der Waals surface area contributed by atoms with Crippen LogP contribution < -0.4 is 11.1 Å². The van der Waals surface area contributed by atoms with E-state index in [1.807, 2.05) is 0 Å². The minimum absolute atomic E-state index is 0.0788. The monoisotopic (exact) mass is 455 g/mol. The lowest BCUT2D eigenvalue weighted by Crippen LogP contribution is -2.47. The zero-order chi connectivity index (χ0) is 23.3. The van der Waals surface area contributed by atoms with Crippen LogP contribution in [0.3, 0.4) is 0 Å². The summed E-state index contributed by atoms with van der Waals surface area (Å²) in [6.45, 7) is 3.52. The predicted molar refractivity (Wildman–Crippen MR) is 116 cm³/mol. The summed E-state index contributed by atoms with van der Waals surface area (Å²) in [5, 5.41) is 6.29. The molecule has 1 heterocycles. The van der Waals surface area contributed by atoms with Gasteiger partial charge in [-0.1, -0.05) is 21.4 Å². The SMILES string of the molecule is COC(=NC(=C(C)C)c1cccc(F)c1)C(CN)NC(=O)c1cc(C(F)(F)P)nn1C. The molecule has 11 heteroatoms. The number of benzene rings is 1. The summed E-state index contributed by atoms with van der Waals surface area (Å²) in [5.74, 6) is -1.03. The molecule has 1 amide bonds. The van der Waals surface area contributed by atoms with E-state index < -0.39 is 29.1 Å². The van der Waals surface area contributed by atoms with Gasteiger partial charge in [-0.25, -0.2) is 9.38 Å². The third-order valence-electron chi connectivity index (χ3n) is 4.30. The van der Waals surface area contributed by atoms with Crippen LogP contribution >= 0.6 is 9.24 Å². The average molecular weight is 455 g/mol. The fourth-order valence-corrected chi connectivity index (χ4v) is 2.91. The first-order valence-corrected chi connectivity index (χ1v) is 9.83. The Balaban J connectivity index is 2.35. The lowest BCUT2D eigenvalue weighted by atomic mass is 10.1. The normalized spacial score (nSPS) is 13.0. The number of aromatic nitrogens is 2. The Bertz CT molecular complexity index is 1010. The van der Waals surface area contributed by atoms with Gasteiger partial charge < -0.3 is 15.8 Å². The number of allylic oxidation sites excluding steroid dienone is 1. The molecule has 2 rings (SSSR count). The number of nitrogens with zero attached hydrogens (tertiary/aromatic N) is 3. The van der Waals surface area contributed by atoms with Crippen LogP contribution in [0.5, 0.6) is 0 Å². The van der Waals surface area contributed by atoms with E-state index in [4.69, 9.17) is 10.5 Å². The predicted octanol–water partition coefficient (Wildman–Crippen LogP) is 3.04. The molecule has 2 atom stereocenters. The quantitative estimate of drug-likeness (QED) is 0.381. The number of methoxy groups -OCH3 is 1. The summed E-state index contributed by atoms with van der Waals surface area (Å²) < 4.78 is 47.1. The van der Waals surface area contributed by atoms with Gasteiger partial charge >= 0.3 is 5.66 Å². The molecule has 0 aliphatic carbocycles. The van der Waals surface area contributed by atoms with E-state index >= 15 is 0 Å². The van der Waals surface area contributed by atoms with E-state index in [1.165, 1.54) is 35.5 Å². The molecule has 1 aromatic heterocycles. The number of halogens is 3. The van der Waals surface area contributed by atoms with Crippen molar-refractivity contribution in [1.82, 2.24) is 15.1 Å². The number of ether oxygens (including phenoxy) is 1. The Hall–Kier alpha value is -2.71. The summed E-state index contributed by atoms with van der Waals surface area (Å²) in [4.78, 5) is 17.1. The van der Waals surface area contributed by atoms with Crippen LogP contribution in [0.1, 0.15) is 35.6 Å². The molecule has 0 saturated heterocycles. The Labute approximate surface area is 180 Å². The van der Waals surface area contributed by atoms with Gasteiger partial charge in [-0.2, -0.15) is 13.9 Å². The van der Waals surface area contributed by atoms with Crippen molar-refractivity contribution >= 4 is 26.7 Å². The number of rotatable bonds is 7. The zero-order valence-electron chi connectivity index (χ0n) is 17.6. The first-order valence-electron chi connectivity index (χ1n) is 9.26. The van der Waals surface area contributed by atoms with Crippen LogP contribution in [0.15, 0.2) is 40.9 Å². The Morgan fingerprint density at radius 1 is 1.39 bits per heavy atom. The number of aryl methyl sites for hydroxylation is 1. The van der Waals surface area contributed by atoms with Crippen molar-refractivity contribution in [2.45, 2.75) is 25.6 Å². The minimum atomic E-state index is -3.27. The summed E-state index contributed by atoms with van der Waals surface area (Å²) in [6, 6.07) is 6.02. The van der Waals surface area contributed by atoms with Gasteiger partial charge in [0.2, 0.25) is 5.90 Å². The molecule has 0 fully saturated rings. The molecular formula is C20H25F3N5O2P. The number of aliphatic imine (C=N–C) groups is 1. The second-order valence-electron chi connectivity index (χ2n) is 6.94. The van der Waals surface area contributed by atoms with E-state index in [2.05, 4.69) is 15.4 Å². The van der Waals surface area contributed by atoms with Crippen LogP contribution in [0.25, 0.3) is 5.70 Å². The van der Waals surface area contributed by atoms with E-state index in [-0.39, 0.29) is 18.1 Å². The standard InChI is InChI=1S/C20H25F3N5O2P/c1-11(2)17(12-6-5-7-13(21)8-12)26-19(30-4)14(10-24)25-18(29)15-9-16(20(22,23)31)27-28(15)3/h5-9,14H,10,24,31H2,1-4H3,(H,25,29). The molecule has 168 valence electrons. The lowest BCUT2D eigenvalue weighted by molar-refractivity contribution is 0.0934. The van der Waals surface area contributed by atoms with Gasteiger partial charge in [0, 0.05) is 19.2 Å². The molecule has 0 spiro atoms. The van der Waals surface area contributed by atoms with Crippen LogP contribution in [0.2, 0.25) is 0 Å². The number of nitrogens with one attached hydrogen (secondary N) is 1. The van der Waals surface area contributed by atoms with Crippen molar-refractivity contribution < 1.29 is 22.7 Å². The van der Waals surface area contributed by atoms with Crippen LogP contribution in [-0.2, 0) is 17.4 Å². The van der Waals surface area contributed by atoms with E-state index in [0.29, 0.717) is 11.3 Å². The van der Waals surface area contributed by atoms with Crippen molar-refractivity contribution in [2.75, 3.05) is 13.7 Å². The van der Waals surface area contributed by atoms with Crippen molar-refractivity contribution in [3.8, 4) is 0 Å². The molecule has 2 unspecified atom stereocenters. The maximum absolute atomic E-state index is 13.7. The molecule has 3 N–H and O–H groups in total. The second kappa shape index (κ2) is 10.1. The molecule has 1 aromatic carbocycles. The van der Waals surface area contributed by atoms with Gasteiger partial charge in [-0.05, 0) is 37.6 Å². The lowest BCUT2D eigenvalue weighted by Gasteiger charge is -2.19. The highest BCUT2D eigenvalue weighted by atomic mass is 31.0. The highest BCUT2D eigenvalue weighted by molar-refractivity contribution is 7.17. The Morgan fingerprint density at radius 2 is 2.06 bits per heavy atom. The maximum Gasteiger partial charge on any atom is 0.302 e. The van der Waals surface area contributed by atoms with Gasteiger partial charge in [0.1, 0.15) is 23.2 Å². The van der Waals surface area contributed by atoms with E-state index in [0.717, 1.165) is 16.3 Å². The molecule has 0 bridgehead atoms. The van der Waals surface area contributed by atoms with Crippen LogP contribution in [0, 0.1) is 5.82 Å². The molecule has 0 aliphatic rings. The second-order valence-corrected chi connectivity index (χ2v) is 7.66. The first kappa shape index (κ1) is 24.6. The number of hydrogen-bond acceptors (Lipinski definition) is 5. The van der Waals surface area contributed by atoms with Crippen LogP contribution in [0.4, 0.5) is 13.2 Å². The fourth-order valence-electron chi connectivity index (χ4n) is 2.77. The topological polar surface area (TPSA) is 94.5 Å². The highest BCUT2D eigenvalue weighted by Crippen LogP contribution is 2.33. The Morgan fingerprint density at radius 3 is 2.55 bits per heavy atom. The smallest absolute Gasteiger partial charge is 0.302 e. The van der Waals surface area contributed by atoms with Crippen molar-refractivity contribution in [3.63, 3.8) is 0 Å². The molecule has 2 aromatic rings. The maximum atomic E-state index is 13.7. The third-order valence-corrected chi connectivity index (χ3v) is 4.59. The van der Waals surface area contributed by atoms with Gasteiger partial charge in [-0.15, -0.1) is 0 Å². The number of carbonyl (C=O) groups is 1. The molecule has 0 radical (unpaired) electrons. The molecule has 0 saturated carbocycles. The minimum Gasteiger partial charge on any atom is -0.483 e. The zero-order valence-corrected chi connectivity index (χ0v) is 18.8. The molecular weight excluding hydrogens is 430 g/mol. The number of carbonyl (C=O) groups excluding carboxylic acids is 1. The van der Waals surface area contributed by atoms with Crippen LogP contribution in [-0.4, -0.2) is 41.3 Å². The Kier molecular flexibility index (Phi) is 7.97. The third kappa shape index (κ3) is 6.15. The number of hydrogen-bond donors (Lipinski definition) is 2. The van der Waals surface area contributed by atoms with Crippen molar-refractivity contribution in [1.29, 1.82) is 0 Å². The van der Waals surface area contributed by atoms with E-state index in [1.54, 1.807) is 26.0 Å². The van der Waals surface area contributed by atoms with Gasteiger partial charge in [0.15, 0.2) is 0 Å².